The highest BCUT2D eigenvalue weighted by atomic mass is 32.2. The van der Waals surface area contributed by atoms with Gasteiger partial charge in [-0.1, -0.05) is 6.58 Å². The van der Waals surface area contributed by atoms with Crippen molar-refractivity contribution in [1.82, 2.24) is 19.7 Å². The van der Waals surface area contributed by atoms with Gasteiger partial charge in [0, 0.05) is 18.1 Å². The molecule has 2 N–H and O–H groups in total. The minimum absolute atomic E-state index is 0.0347. The zero-order chi connectivity index (χ0) is 15.8. The van der Waals surface area contributed by atoms with Gasteiger partial charge in [0.15, 0.2) is 5.69 Å². The van der Waals surface area contributed by atoms with E-state index in [0.717, 1.165) is 6.26 Å². The summed E-state index contributed by atoms with van der Waals surface area (Å²) >= 11 is 0. The van der Waals surface area contributed by atoms with Crippen LogP contribution < -0.4 is 5.73 Å². The van der Waals surface area contributed by atoms with E-state index in [1.165, 1.54) is 23.0 Å². The standard InChI is InChI=1S/C12H13N5O3S/c1-7(2)17-10(6-9(16-17)11(13)18)8-4-5-14-12(15-8)21(3,19)20/h4-6H,1H2,2-3H3,(H2,13,18). The van der Waals surface area contributed by atoms with E-state index in [1.54, 1.807) is 6.92 Å². The second kappa shape index (κ2) is 5.09. The molecule has 0 fully saturated rings. The molecular weight excluding hydrogens is 294 g/mol. The highest BCUT2D eigenvalue weighted by Gasteiger charge is 2.17. The van der Waals surface area contributed by atoms with Crippen LogP contribution >= 0.6 is 0 Å². The van der Waals surface area contributed by atoms with E-state index in [1.807, 2.05) is 0 Å². The largest absolute Gasteiger partial charge is 0.364 e. The van der Waals surface area contributed by atoms with Crippen LogP contribution in [-0.4, -0.2) is 40.3 Å². The van der Waals surface area contributed by atoms with Crippen molar-refractivity contribution in [2.24, 2.45) is 5.73 Å². The first-order chi connectivity index (χ1) is 9.70. The van der Waals surface area contributed by atoms with Crippen LogP contribution in [0.5, 0.6) is 0 Å². The van der Waals surface area contributed by atoms with E-state index in [9.17, 15) is 13.2 Å². The average molecular weight is 307 g/mol. The fourth-order valence-electron chi connectivity index (χ4n) is 1.64. The number of hydrogen-bond acceptors (Lipinski definition) is 6. The van der Waals surface area contributed by atoms with E-state index in [-0.39, 0.29) is 10.9 Å². The van der Waals surface area contributed by atoms with Crippen LogP contribution in [0.15, 0.2) is 30.1 Å². The van der Waals surface area contributed by atoms with Crippen LogP contribution in [0.25, 0.3) is 17.1 Å². The first kappa shape index (κ1) is 14.9. The minimum Gasteiger partial charge on any atom is -0.364 e. The number of carbonyl (C=O) groups excluding carboxylic acids is 1. The van der Waals surface area contributed by atoms with Crippen LogP contribution in [0.3, 0.4) is 0 Å². The molecule has 8 nitrogen and oxygen atoms in total. The van der Waals surface area contributed by atoms with Crippen molar-refractivity contribution >= 4 is 21.4 Å². The number of amides is 1. The van der Waals surface area contributed by atoms with E-state index in [2.05, 4.69) is 21.6 Å². The number of aromatic nitrogens is 4. The lowest BCUT2D eigenvalue weighted by molar-refractivity contribution is 0.0995. The molecule has 0 aliphatic heterocycles. The molecule has 0 atom stereocenters. The second-order valence-electron chi connectivity index (χ2n) is 4.42. The van der Waals surface area contributed by atoms with Gasteiger partial charge in [-0.05, 0) is 19.1 Å². The lowest BCUT2D eigenvalue weighted by atomic mass is 10.2. The summed E-state index contributed by atoms with van der Waals surface area (Å²) < 4.78 is 24.4. The molecule has 0 bridgehead atoms. The third kappa shape index (κ3) is 2.97. The van der Waals surface area contributed by atoms with Crippen LogP contribution in [0.2, 0.25) is 0 Å². The first-order valence-electron chi connectivity index (χ1n) is 5.79. The van der Waals surface area contributed by atoms with Gasteiger partial charge in [0.25, 0.3) is 5.91 Å². The third-order valence-electron chi connectivity index (χ3n) is 2.55. The van der Waals surface area contributed by atoms with Crippen LogP contribution in [0, 0.1) is 0 Å². The van der Waals surface area contributed by atoms with Crippen molar-refractivity contribution in [1.29, 1.82) is 0 Å². The maximum atomic E-state index is 11.5. The maximum Gasteiger partial charge on any atom is 0.269 e. The van der Waals surface area contributed by atoms with Crippen molar-refractivity contribution < 1.29 is 13.2 Å². The Hall–Kier alpha value is -2.55. The normalized spacial score (nSPS) is 11.3. The van der Waals surface area contributed by atoms with Gasteiger partial charge in [0.2, 0.25) is 15.0 Å². The Morgan fingerprint density at radius 1 is 1.43 bits per heavy atom. The Labute approximate surface area is 121 Å². The van der Waals surface area contributed by atoms with Gasteiger partial charge >= 0.3 is 0 Å². The number of allylic oxidation sites excluding steroid dienone is 1. The van der Waals surface area contributed by atoms with Crippen molar-refractivity contribution in [2.75, 3.05) is 6.26 Å². The molecule has 0 aliphatic rings. The van der Waals surface area contributed by atoms with Crippen molar-refractivity contribution in [3.63, 3.8) is 0 Å². The lowest BCUT2D eigenvalue weighted by Crippen LogP contribution is -2.12. The Balaban J connectivity index is 2.66. The SMILES string of the molecule is C=C(C)n1nc(C(N)=O)cc1-c1ccnc(S(C)(=O)=O)n1. The van der Waals surface area contributed by atoms with Gasteiger partial charge in [-0.3, -0.25) is 4.79 Å². The number of carbonyl (C=O) groups is 1. The number of hydrogen-bond donors (Lipinski definition) is 1. The molecule has 0 aliphatic carbocycles. The third-order valence-corrected chi connectivity index (χ3v) is 3.41. The molecule has 2 rings (SSSR count). The van der Waals surface area contributed by atoms with Crippen molar-refractivity contribution in [3.8, 4) is 11.4 Å². The minimum atomic E-state index is -3.54. The van der Waals surface area contributed by atoms with Crippen molar-refractivity contribution in [3.05, 3.63) is 30.6 Å². The topological polar surface area (TPSA) is 121 Å². The molecule has 0 radical (unpaired) electrons. The number of nitrogens with zero attached hydrogens (tertiary/aromatic N) is 4. The lowest BCUT2D eigenvalue weighted by Gasteiger charge is -2.06. The summed E-state index contributed by atoms with van der Waals surface area (Å²) in [4.78, 5) is 18.9. The molecule has 21 heavy (non-hydrogen) atoms. The molecule has 2 aromatic rings. The number of sulfone groups is 1. The van der Waals surface area contributed by atoms with Crippen LogP contribution in [0.4, 0.5) is 0 Å². The van der Waals surface area contributed by atoms with Gasteiger partial charge in [0.1, 0.15) is 0 Å². The molecule has 0 spiro atoms. The summed E-state index contributed by atoms with van der Waals surface area (Å²) in [6, 6.07) is 2.93. The predicted octanol–water partition coefficient (Wildman–Crippen LogP) is 0.333. The fraction of sp³-hybridized carbons (Fsp3) is 0.167. The van der Waals surface area contributed by atoms with Gasteiger partial charge in [-0.2, -0.15) is 5.10 Å². The van der Waals surface area contributed by atoms with Crippen LogP contribution in [0.1, 0.15) is 17.4 Å². The summed E-state index contributed by atoms with van der Waals surface area (Å²) in [6.07, 6.45) is 2.33. The molecule has 1 amide bonds. The highest BCUT2D eigenvalue weighted by molar-refractivity contribution is 7.90. The van der Waals surface area contributed by atoms with Gasteiger partial charge in [-0.25, -0.2) is 23.1 Å². The Bertz CT molecular complexity index is 838. The first-order valence-corrected chi connectivity index (χ1v) is 7.68. The van der Waals surface area contributed by atoms with E-state index >= 15 is 0 Å². The maximum absolute atomic E-state index is 11.5. The zero-order valence-corrected chi connectivity index (χ0v) is 12.3. The molecule has 110 valence electrons. The molecule has 2 aromatic heterocycles. The molecular formula is C12H13N5O3S. The summed E-state index contributed by atoms with van der Waals surface area (Å²) in [6.45, 7) is 5.42. The molecule has 9 heteroatoms. The zero-order valence-electron chi connectivity index (χ0n) is 11.4. The summed E-state index contributed by atoms with van der Waals surface area (Å²) in [7, 11) is -3.54. The van der Waals surface area contributed by atoms with Gasteiger partial charge < -0.3 is 5.73 Å². The quantitative estimate of drug-likeness (QED) is 0.813. The van der Waals surface area contributed by atoms with Gasteiger partial charge in [-0.15, -0.1) is 0 Å². The highest BCUT2D eigenvalue weighted by Crippen LogP contribution is 2.21. The Morgan fingerprint density at radius 2 is 2.10 bits per heavy atom. The number of rotatable bonds is 4. The molecule has 0 saturated heterocycles. The van der Waals surface area contributed by atoms with E-state index in [4.69, 9.17) is 5.73 Å². The van der Waals surface area contributed by atoms with Gasteiger partial charge in [0.05, 0.1) is 11.4 Å². The fourth-order valence-corrected chi connectivity index (χ4v) is 2.15. The second-order valence-corrected chi connectivity index (χ2v) is 6.33. The summed E-state index contributed by atoms with van der Waals surface area (Å²) in [5.41, 5.74) is 6.47. The molecule has 2 heterocycles. The van der Waals surface area contributed by atoms with E-state index in [0.29, 0.717) is 17.1 Å². The summed E-state index contributed by atoms with van der Waals surface area (Å²) in [5.74, 6) is -0.700. The average Bonchev–Trinajstić information content (AvgIpc) is 2.83. The predicted molar refractivity (Wildman–Crippen MR) is 75.9 cm³/mol. The monoisotopic (exact) mass is 307 g/mol. The van der Waals surface area contributed by atoms with Crippen molar-refractivity contribution in [2.45, 2.75) is 12.1 Å². The van der Waals surface area contributed by atoms with E-state index < -0.39 is 15.7 Å². The Kier molecular flexibility index (Phi) is 3.60. The Morgan fingerprint density at radius 3 is 2.62 bits per heavy atom. The smallest absolute Gasteiger partial charge is 0.269 e. The van der Waals surface area contributed by atoms with Crippen LogP contribution in [-0.2, 0) is 9.84 Å². The molecule has 0 saturated carbocycles. The molecule has 0 aromatic carbocycles. The number of nitrogens with two attached hydrogens (primary N) is 1. The molecule has 0 unspecified atom stereocenters. The summed E-state index contributed by atoms with van der Waals surface area (Å²) in [5, 5.41) is 3.70. The number of primary amides is 1.